The van der Waals surface area contributed by atoms with Crippen LogP contribution in [0.1, 0.15) is 0 Å². The Bertz CT molecular complexity index is 3970. The van der Waals surface area contributed by atoms with Crippen molar-refractivity contribution >= 4 is 89.2 Å². The third-order valence-corrected chi connectivity index (χ3v) is 19.3. The molecular weight excluding hydrogens is 873 g/mol. The Hall–Kier alpha value is -9.02. The average molecular weight is 921 g/mol. The Kier molecular flexibility index (Phi) is 10.6. The number of rotatable bonds is 10. The van der Waals surface area contributed by atoms with Crippen LogP contribution in [-0.2, 0) is 0 Å². The van der Waals surface area contributed by atoms with Crippen molar-refractivity contribution < 1.29 is 0 Å². The van der Waals surface area contributed by atoms with E-state index in [0.29, 0.717) is 0 Å². The highest BCUT2D eigenvalue weighted by Gasteiger charge is 2.41. The van der Waals surface area contributed by atoms with E-state index in [1.807, 2.05) is 0 Å². The van der Waals surface area contributed by atoms with E-state index >= 15 is 0 Å². The van der Waals surface area contributed by atoms with E-state index in [4.69, 9.17) is 0 Å². The molecule has 3 heteroatoms. The van der Waals surface area contributed by atoms with E-state index in [-0.39, 0.29) is 0 Å². The lowest BCUT2D eigenvalue weighted by Gasteiger charge is -2.35. The molecule has 0 unspecified atom stereocenters. The van der Waals surface area contributed by atoms with Gasteiger partial charge in [-0.15, -0.1) is 0 Å². The lowest BCUT2D eigenvalue weighted by Crippen LogP contribution is -2.74. The number of hydrogen-bond donors (Lipinski definition) is 0. The first-order valence-electron chi connectivity index (χ1n) is 24.5. The minimum absolute atomic E-state index is 1.09. The third-order valence-electron chi connectivity index (χ3n) is 14.5. The topological polar surface area (TPSA) is 8.17 Å². The van der Waals surface area contributed by atoms with Gasteiger partial charge in [0, 0.05) is 33.5 Å². The predicted octanol–water partition coefficient (Wildman–Crippen LogP) is 15.3. The molecule has 71 heavy (non-hydrogen) atoms. The molecule has 0 radical (unpaired) electrons. The number of nitrogens with zero attached hydrogens (tertiary/aromatic N) is 2. The van der Waals surface area contributed by atoms with Crippen LogP contribution in [0.4, 0.5) is 17.1 Å². The first-order chi connectivity index (χ1) is 35.2. The monoisotopic (exact) mass is 920 g/mol. The molecule has 334 valence electrons. The van der Waals surface area contributed by atoms with Crippen molar-refractivity contribution in [2.75, 3.05) is 4.90 Å². The second-order valence-corrected chi connectivity index (χ2v) is 22.2. The molecule has 0 aliphatic carbocycles. The zero-order valence-corrected chi connectivity index (χ0v) is 40.1. The van der Waals surface area contributed by atoms with E-state index in [2.05, 4.69) is 301 Å². The highest BCUT2D eigenvalue weighted by molar-refractivity contribution is 7.20. The summed E-state index contributed by atoms with van der Waals surface area (Å²) in [5.41, 5.74) is 11.6. The van der Waals surface area contributed by atoms with Gasteiger partial charge in [-0.1, -0.05) is 231 Å². The zero-order chi connectivity index (χ0) is 47.1. The van der Waals surface area contributed by atoms with Gasteiger partial charge in [0.25, 0.3) is 0 Å². The summed E-state index contributed by atoms with van der Waals surface area (Å²) in [6.07, 6.45) is 0. The van der Waals surface area contributed by atoms with Crippen LogP contribution in [0.25, 0.3) is 71.3 Å². The Labute approximate surface area is 415 Å². The number of aromatic nitrogens is 1. The SMILES string of the molecule is c1ccc(-n2c3ccccc3c3c(-c4ccc(N(c5ccc(-c6cccc7ccccc67)cc5)c5ccc([Si](c6ccccc6)(c6ccccc6)c6ccc7ccccc7c6)cc5)cc4)cccc32)cc1. The van der Waals surface area contributed by atoms with Crippen LogP contribution >= 0.6 is 0 Å². The van der Waals surface area contributed by atoms with Gasteiger partial charge in [-0.05, 0) is 125 Å². The Morgan fingerprint density at radius 3 is 1.39 bits per heavy atom. The second-order valence-electron chi connectivity index (χ2n) is 18.4. The van der Waals surface area contributed by atoms with E-state index in [1.54, 1.807) is 0 Å². The van der Waals surface area contributed by atoms with Gasteiger partial charge in [0.1, 0.15) is 0 Å². The first kappa shape index (κ1) is 42.1. The minimum Gasteiger partial charge on any atom is -0.311 e. The molecule has 0 saturated carbocycles. The van der Waals surface area contributed by atoms with Crippen LogP contribution in [0, 0.1) is 0 Å². The molecule has 13 rings (SSSR count). The summed E-state index contributed by atoms with van der Waals surface area (Å²) in [4.78, 5) is 2.41. The normalized spacial score (nSPS) is 11.7. The highest BCUT2D eigenvalue weighted by Crippen LogP contribution is 2.41. The van der Waals surface area contributed by atoms with Crippen molar-refractivity contribution in [1.82, 2.24) is 4.57 Å². The van der Waals surface area contributed by atoms with Crippen LogP contribution in [0.3, 0.4) is 0 Å². The summed E-state index contributed by atoms with van der Waals surface area (Å²) < 4.78 is 2.39. The van der Waals surface area contributed by atoms with Gasteiger partial charge in [0.2, 0.25) is 0 Å². The van der Waals surface area contributed by atoms with Gasteiger partial charge in [0.05, 0.1) is 11.0 Å². The minimum atomic E-state index is -2.83. The smallest absolute Gasteiger partial charge is 0.179 e. The Balaban J connectivity index is 0.964. The number of anilines is 3. The van der Waals surface area contributed by atoms with Crippen LogP contribution in [0.15, 0.2) is 291 Å². The fourth-order valence-corrected chi connectivity index (χ4v) is 16.0. The maximum atomic E-state index is 2.45. The summed E-state index contributed by atoms with van der Waals surface area (Å²) in [7, 11) is -2.83. The number of fused-ring (bicyclic) bond motifs is 5. The first-order valence-corrected chi connectivity index (χ1v) is 26.5. The van der Waals surface area contributed by atoms with Crippen molar-refractivity contribution in [2.24, 2.45) is 0 Å². The molecule has 0 aliphatic rings. The molecule has 1 heterocycles. The van der Waals surface area contributed by atoms with Crippen LogP contribution in [0.5, 0.6) is 0 Å². The molecule has 1 aromatic heterocycles. The van der Waals surface area contributed by atoms with Crippen molar-refractivity contribution in [3.8, 4) is 27.9 Å². The van der Waals surface area contributed by atoms with E-state index in [1.165, 1.54) is 86.4 Å². The molecular formula is C68H48N2Si. The molecule has 2 nitrogen and oxygen atoms in total. The van der Waals surface area contributed by atoms with Crippen LogP contribution in [-0.4, -0.2) is 12.6 Å². The van der Waals surface area contributed by atoms with Crippen molar-refractivity contribution in [3.63, 3.8) is 0 Å². The standard InChI is InChI=1S/C68H48N2Si/c1-4-22-54(23-5-1)70-66-32-15-14-29-65(66)68-64(31-17-33-67(68)70)52-36-41-56(42-37-52)69(55-39-34-51(35-40-55)63-30-16-21-50-19-12-13-28-62(50)63)57-43-46-60(47-44-57)71(58-24-6-2-7-25-58,59-26-8-3-9-27-59)61-45-38-49-18-10-11-20-53(49)48-61/h1-48H. The average Bonchev–Trinajstić information content (AvgIpc) is 3.79. The summed E-state index contributed by atoms with van der Waals surface area (Å²) in [5.74, 6) is 0. The van der Waals surface area contributed by atoms with Crippen molar-refractivity contribution in [3.05, 3.63) is 291 Å². The van der Waals surface area contributed by atoms with Gasteiger partial charge in [-0.3, -0.25) is 0 Å². The Morgan fingerprint density at radius 1 is 0.282 bits per heavy atom. The quantitative estimate of drug-likeness (QED) is 0.0980. The molecule has 0 atom stereocenters. The van der Waals surface area contributed by atoms with Crippen LogP contribution < -0.4 is 25.6 Å². The van der Waals surface area contributed by atoms with E-state index in [9.17, 15) is 0 Å². The van der Waals surface area contributed by atoms with Gasteiger partial charge < -0.3 is 9.47 Å². The van der Waals surface area contributed by atoms with Gasteiger partial charge in [0.15, 0.2) is 8.07 Å². The summed E-state index contributed by atoms with van der Waals surface area (Å²) in [6.45, 7) is 0. The zero-order valence-electron chi connectivity index (χ0n) is 39.1. The van der Waals surface area contributed by atoms with Gasteiger partial charge in [-0.2, -0.15) is 0 Å². The third kappa shape index (κ3) is 7.26. The lowest BCUT2D eigenvalue weighted by atomic mass is 9.98. The molecule has 0 N–H and O–H groups in total. The second kappa shape index (κ2) is 17.8. The van der Waals surface area contributed by atoms with E-state index in [0.717, 1.165) is 22.7 Å². The van der Waals surface area contributed by atoms with Crippen LogP contribution in [0.2, 0.25) is 0 Å². The van der Waals surface area contributed by atoms with Crippen molar-refractivity contribution in [2.45, 2.75) is 0 Å². The number of benzene rings is 12. The number of hydrogen-bond acceptors (Lipinski definition) is 1. The molecule has 0 fully saturated rings. The fourth-order valence-electron chi connectivity index (χ4n) is 11.3. The maximum absolute atomic E-state index is 2.83. The maximum Gasteiger partial charge on any atom is 0.179 e. The van der Waals surface area contributed by atoms with Crippen molar-refractivity contribution in [1.29, 1.82) is 0 Å². The summed E-state index contributed by atoms with van der Waals surface area (Å²) in [5, 5.41) is 12.9. The fraction of sp³-hybridized carbons (Fsp3) is 0. The lowest BCUT2D eigenvalue weighted by molar-refractivity contribution is 1.18. The molecule has 0 bridgehead atoms. The molecule has 13 aromatic rings. The molecule has 0 aliphatic heterocycles. The highest BCUT2D eigenvalue weighted by atomic mass is 28.3. The number of para-hydroxylation sites is 2. The molecule has 0 spiro atoms. The summed E-state index contributed by atoms with van der Waals surface area (Å²) >= 11 is 0. The van der Waals surface area contributed by atoms with Gasteiger partial charge in [-0.25, -0.2) is 0 Å². The molecule has 0 saturated heterocycles. The Morgan fingerprint density at radius 2 is 0.732 bits per heavy atom. The van der Waals surface area contributed by atoms with E-state index < -0.39 is 8.07 Å². The largest absolute Gasteiger partial charge is 0.311 e. The van der Waals surface area contributed by atoms with Gasteiger partial charge >= 0.3 is 0 Å². The predicted molar refractivity (Wildman–Crippen MR) is 305 cm³/mol. The molecule has 12 aromatic carbocycles. The summed E-state index contributed by atoms with van der Waals surface area (Å²) in [6, 6.07) is 108. The molecule has 0 amide bonds.